The first-order valence-corrected chi connectivity index (χ1v) is 6.22. The first kappa shape index (κ1) is 15.2. The fourth-order valence-corrected chi connectivity index (χ4v) is 1.96. The molecule has 0 aliphatic rings. The lowest BCUT2D eigenvalue weighted by Gasteiger charge is -2.19. The molecule has 1 atom stereocenters. The van der Waals surface area contributed by atoms with Gasteiger partial charge in [-0.1, -0.05) is 18.2 Å². The van der Waals surface area contributed by atoms with Gasteiger partial charge in [-0.2, -0.15) is 8.78 Å². The van der Waals surface area contributed by atoms with Crippen LogP contribution in [0.15, 0.2) is 42.5 Å². The highest BCUT2D eigenvalue weighted by molar-refractivity contribution is 5.48. The van der Waals surface area contributed by atoms with Gasteiger partial charge < -0.3 is 10.1 Å². The number of ether oxygens (including phenoxy) is 1. The van der Waals surface area contributed by atoms with Crippen LogP contribution in [-0.4, -0.2) is 6.61 Å². The highest BCUT2D eigenvalue weighted by atomic mass is 19.3. The minimum absolute atomic E-state index is 0.00928. The second-order valence-corrected chi connectivity index (χ2v) is 4.41. The van der Waals surface area contributed by atoms with Gasteiger partial charge in [-0.3, -0.25) is 0 Å². The molecule has 0 radical (unpaired) electrons. The predicted octanol–water partition coefficient (Wildman–Crippen LogP) is 4.74. The van der Waals surface area contributed by atoms with Crippen LogP contribution in [0.25, 0.3) is 0 Å². The molecule has 0 amide bonds. The molecule has 6 heteroatoms. The maximum atomic E-state index is 13.6. The van der Waals surface area contributed by atoms with Gasteiger partial charge in [-0.15, -0.1) is 0 Å². The van der Waals surface area contributed by atoms with Crippen LogP contribution in [0.5, 0.6) is 5.75 Å². The van der Waals surface area contributed by atoms with Crippen LogP contribution < -0.4 is 10.1 Å². The predicted molar refractivity (Wildman–Crippen MR) is 71.5 cm³/mol. The number of hydrogen-bond acceptors (Lipinski definition) is 2. The van der Waals surface area contributed by atoms with E-state index < -0.39 is 24.3 Å². The van der Waals surface area contributed by atoms with Crippen LogP contribution in [0.2, 0.25) is 0 Å². The van der Waals surface area contributed by atoms with Crippen molar-refractivity contribution in [2.75, 3.05) is 5.32 Å². The van der Waals surface area contributed by atoms with Gasteiger partial charge in [0.1, 0.15) is 17.4 Å². The van der Waals surface area contributed by atoms with Gasteiger partial charge in [0.15, 0.2) is 0 Å². The number of benzene rings is 2. The molecule has 0 aromatic heterocycles. The molecule has 0 aliphatic carbocycles. The Labute approximate surface area is 119 Å². The summed E-state index contributed by atoms with van der Waals surface area (Å²) in [6.45, 7) is -1.28. The second-order valence-electron chi connectivity index (χ2n) is 4.41. The summed E-state index contributed by atoms with van der Waals surface area (Å²) in [5, 5.41) is 2.80. The van der Waals surface area contributed by atoms with Crippen molar-refractivity contribution in [1.29, 1.82) is 0 Å². The Morgan fingerprint density at radius 1 is 1.05 bits per heavy atom. The van der Waals surface area contributed by atoms with Gasteiger partial charge in [0.05, 0.1) is 11.7 Å². The Morgan fingerprint density at radius 3 is 2.43 bits per heavy atom. The number of halogens is 4. The molecule has 2 aromatic rings. The normalized spacial score (nSPS) is 12.3. The summed E-state index contributed by atoms with van der Waals surface area (Å²) in [6, 6.07) is 8.82. The zero-order valence-corrected chi connectivity index (χ0v) is 11.1. The molecule has 0 saturated carbocycles. The fraction of sp³-hybridized carbons (Fsp3) is 0.200. The highest BCUT2D eigenvalue weighted by Crippen LogP contribution is 2.29. The molecule has 1 N–H and O–H groups in total. The lowest BCUT2D eigenvalue weighted by Crippen LogP contribution is -2.11. The third-order valence-corrected chi connectivity index (χ3v) is 2.90. The molecular formula is C15H13F4NO. The zero-order valence-electron chi connectivity index (χ0n) is 11.1. The van der Waals surface area contributed by atoms with Crippen molar-refractivity contribution in [3.63, 3.8) is 0 Å². The quantitative estimate of drug-likeness (QED) is 0.805. The van der Waals surface area contributed by atoms with Crippen molar-refractivity contribution in [2.45, 2.75) is 19.6 Å². The third-order valence-electron chi connectivity index (χ3n) is 2.90. The summed E-state index contributed by atoms with van der Waals surface area (Å²) in [6.07, 6.45) is 0. The van der Waals surface area contributed by atoms with Crippen LogP contribution >= 0.6 is 0 Å². The smallest absolute Gasteiger partial charge is 0.387 e. The first-order chi connectivity index (χ1) is 9.97. The second kappa shape index (κ2) is 6.47. The number of hydrogen-bond donors (Lipinski definition) is 1. The minimum atomic E-state index is -2.94. The number of para-hydroxylation sites is 1. The maximum Gasteiger partial charge on any atom is 0.387 e. The lowest BCUT2D eigenvalue weighted by molar-refractivity contribution is -0.0505. The molecule has 112 valence electrons. The van der Waals surface area contributed by atoms with Gasteiger partial charge in [0.25, 0.3) is 0 Å². The van der Waals surface area contributed by atoms with Crippen molar-refractivity contribution in [1.82, 2.24) is 0 Å². The van der Waals surface area contributed by atoms with Crippen molar-refractivity contribution in [3.8, 4) is 5.75 Å². The summed E-state index contributed by atoms with van der Waals surface area (Å²) in [7, 11) is 0. The summed E-state index contributed by atoms with van der Waals surface area (Å²) < 4.78 is 55.6. The van der Waals surface area contributed by atoms with E-state index in [1.165, 1.54) is 12.1 Å². The Bertz CT molecular complexity index is 618. The van der Waals surface area contributed by atoms with E-state index in [2.05, 4.69) is 10.1 Å². The van der Waals surface area contributed by atoms with Crippen molar-refractivity contribution >= 4 is 5.69 Å². The lowest BCUT2D eigenvalue weighted by atomic mass is 10.1. The molecule has 1 unspecified atom stereocenters. The maximum absolute atomic E-state index is 13.6. The minimum Gasteiger partial charge on any atom is -0.434 e. The van der Waals surface area contributed by atoms with Crippen molar-refractivity contribution < 1.29 is 22.3 Å². The number of nitrogens with one attached hydrogen (secondary N) is 1. The van der Waals surface area contributed by atoms with Gasteiger partial charge >= 0.3 is 6.61 Å². The van der Waals surface area contributed by atoms with E-state index in [0.717, 1.165) is 12.1 Å². The Balaban J connectivity index is 2.22. The molecule has 0 spiro atoms. The summed E-state index contributed by atoms with van der Waals surface area (Å²) in [4.78, 5) is 0. The molecule has 0 aliphatic heterocycles. The van der Waals surface area contributed by atoms with Crippen molar-refractivity contribution in [2.24, 2.45) is 0 Å². The molecule has 0 saturated heterocycles. The topological polar surface area (TPSA) is 21.3 Å². The molecule has 2 rings (SSSR count). The van der Waals surface area contributed by atoms with Gasteiger partial charge in [0.2, 0.25) is 0 Å². The monoisotopic (exact) mass is 299 g/mol. The average Bonchev–Trinajstić information content (AvgIpc) is 2.42. The molecule has 2 aromatic carbocycles. The Kier molecular flexibility index (Phi) is 4.67. The van der Waals surface area contributed by atoms with Gasteiger partial charge in [0, 0.05) is 11.6 Å². The van der Waals surface area contributed by atoms with Crippen LogP contribution in [0.1, 0.15) is 18.5 Å². The van der Waals surface area contributed by atoms with Crippen LogP contribution in [0.4, 0.5) is 23.2 Å². The van der Waals surface area contributed by atoms with E-state index in [-0.39, 0.29) is 11.4 Å². The third kappa shape index (κ3) is 3.87. The first-order valence-electron chi connectivity index (χ1n) is 6.22. The molecule has 21 heavy (non-hydrogen) atoms. The highest BCUT2D eigenvalue weighted by Gasteiger charge is 2.15. The number of rotatable bonds is 5. The fourth-order valence-electron chi connectivity index (χ4n) is 1.96. The van der Waals surface area contributed by atoms with E-state index in [4.69, 9.17) is 0 Å². The Morgan fingerprint density at radius 2 is 1.76 bits per heavy atom. The average molecular weight is 299 g/mol. The number of alkyl halides is 2. The summed E-state index contributed by atoms with van der Waals surface area (Å²) in [5.41, 5.74) is 0.525. The standard InChI is InChI=1S/C15H13F4NO/c1-9(20-13-7-6-10(16)8-12(13)17)11-4-2-3-5-14(11)21-15(18)19/h2-9,15,20H,1H3. The Hall–Kier alpha value is -2.24. The molecule has 2 nitrogen and oxygen atoms in total. The molecule has 0 fully saturated rings. The van der Waals surface area contributed by atoms with Crippen LogP contribution in [0.3, 0.4) is 0 Å². The van der Waals surface area contributed by atoms with E-state index in [0.29, 0.717) is 5.56 Å². The zero-order chi connectivity index (χ0) is 15.4. The van der Waals surface area contributed by atoms with E-state index >= 15 is 0 Å². The molecule has 0 heterocycles. The van der Waals surface area contributed by atoms with E-state index in [1.807, 2.05) is 0 Å². The van der Waals surface area contributed by atoms with Gasteiger partial charge in [-0.25, -0.2) is 8.78 Å². The van der Waals surface area contributed by atoms with E-state index in [9.17, 15) is 17.6 Å². The summed E-state index contributed by atoms with van der Waals surface area (Å²) >= 11 is 0. The number of anilines is 1. The molecule has 0 bridgehead atoms. The van der Waals surface area contributed by atoms with E-state index in [1.54, 1.807) is 25.1 Å². The molecular weight excluding hydrogens is 286 g/mol. The van der Waals surface area contributed by atoms with Gasteiger partial charge in [-0.05, 0) is 25.1 Å². The van der Waals surface area contributed by atoms with Crippen molar-refractivity contribution in [3.05, 3.63) is 59.7 Å². The largest absolute Gasteiger partial charge is 0.434 e. The van der Waals surface area contributed by atoms with Crippen LogP contribution in [-0.2, 0) is 0 Å². The SMILES string of the molecule is CC(Nc1ccc(F)cc1F)c1ccccc1OC(F)F. The summed E-state index contributed by atoms with van der Waals surface area (Å²) in [5.74, 6) is -1.43. The van der Waals surface area contributed by atoms with Crippen LogP contribution in [0, 0.1) is 11.6 Å².